The molecule has 0 bridgehead atoms. The number of hydrogen-bond acceptors (Lipinski definition) is 4. The van der Waals surface area contributed by atoms with Crippen molar-refractivity contribution in [3.05, 3.63) is 29.8 Å². The average Bonchev–Trinajstić information content (AvgIpc) is 2.18. The van der Waals surface area contributed by atoms with E-state index in [1.165, 1.54) is 7.05 Å². The van der Waals surface area contributed by atoms with Crippen LogP contribution in [0.15, 0.2) is 24.3 Å². The van der Waals surface area contributed by atoms with Gasteiger partial charge in [-0.1, -0.05) is 0 Å². The molecule has 0 saturated heterocycles. The molecule has 0 aliphatic rings. The second-order valence-electron chi connectivity index (χ2n) is 2.32. The molecule has 0 heterocycles. The molecule has 1 aromatic rings. The summed E-state index contributed by atoms with van der Waals surface area (Å²) in [6.07, 6.45) is 0. The SMILES string of the molecule is CNOC(=O)c1ccc(OC)cc1. The average molecular weight is 181 g/mol. The highest BCUT2D eigenvalue weighted by atomic mass is 16.7. The normalized spacial score (nSPS) is 9.38. The molecule has 0 unspecified atom stereocenters. The van der Waals surface area contributed by atoms with Gasteiger partial charge < -0.3 is 9.57 Å². The Morgan fingerprint density at radius 2 is 1.92 bits per heavy atom. The van der Waals surface area contributed by atoms with Crippen LogP contribution < -0.4 is 10.2 Å². The molecule has 0 aliphatic heterocycles. The van der Waals surface area contributed by atoms with Crippen LogP contribution >= 0.6 is 0 Å². The number of hydroxylamine groups is 1. The van der Waals surface area contributed by atoms with Crippen LogP contribution in [0.25, 0.3) is 0 Å². The van der Waals surface area contributed by atoms with Gasteiger partial charge in [0, 0.05) is 7.05 Å². The summed E-state index contributed by atoms with van der Waals surface area (Å²) in [5.41, 5.74) is 2.80. The Kier molecular flexibility index (Phi) is 3.28. The lowest BCUT2D eigenvalue weighted by Crippen LogP contribution is -2.14. The number of carbonyl (C=O) groups excluding carboxylic acids is 1. The van der Waals surface area contributed by atoms with E-state index in [2.05, 4.69) is 10.3 Å². The summed E-state index contributed by atoms with van der Waals surface area (Å²) >= 11 is 0. The second-order valence-corrected chi connectivity index (χ2v) is 2.32. The molecule has 0 amide bonds. The molecule has 0 radical (unpaired) electrons. The van der Waals surface area contributed by atoms with Crippen molar-refractivity contribution in [2.75, 3.05) is 14.2 Å². The largest absolute Gasteiger partial charge is 0.497 e. The van der Waals surface area contributed by atoms with E-state index in [0.29, 0.717) is 11.3 Å². The molecular weight excluding hydrogens is 170 g/mol. The van der Waals surface area contributed by atoms with Gasteiger partial charge in [-0.2, -0.15) is 5.48 Å². The highest BCUT2D eigenvalue weighted by Gasteiger charge is 2.05. The third-order valence-electron chi connectivity index (χ3n) is 1.52. The van der Waals surface area contributed by atoms with Gasteiger partial charge in [-0.15, -0.1) is 0 Å². The van der Waals surface area contributed by atoms with E-state index in [0.717, 1.165) is 0 Å². The van der Waals surface area contributed by atoms with E-state index >= 15 is 0 Å². The lowest BCUT2D eigenvalue weighted by molar-refractivity contribution is 0.0310. The zero-order chi connectivity index (χ0) is 9.68. The summed E-state index contributed by atoms with van der Waals surface area (Å²) in [5, 5.41) is 0. The molecule has 0 saturated carbocycles. The van der Waals surface area contributed by atoms with E-state index in [-0.39, 0.29) is 0 Å². The third kappa shape index (κ3) is 2.45. The molecule has 70 valence electrons. The van der Waals surface area contributed by atoms with Crippen molar-refractivity contribution in [2.24, 2.45) is 0 Å². The standard InChI is InChI=1S/C9H11NO3/c1-10-13-9(11)7-3-5-8(12-2)6-4-7/h3-6,10H,1-2H3. The molecule has 1 aromatic carbocycles. The molecule has 1 rings (SSSR count). The Balaban J connectivity index is 2.74. The van der Waals surface area contributed by atoms with E-state index in [1.54, 1.807) is 31.4 Å². The molecule has 0 aromatic heterocycles. The fraction of sp³-hybridized carbons (Fsp3) is 0.222. The summed E-state index contributed by atoms with van der Waals surface area (Å²) in [5.74, 6) is 0.297. The number of benzene rings is 1. The Morgan fingerprint density at radius 3 is 2.38 bits per heavy atom. The van der Waals surface area contributed by atoms with Crippen LogP contribution in [0.2, 0.25) is 0 Å². The van der Waals surface area contributed by atoms with Gasteiger partial charge >= 0.3 is 5.97 Å². The van der Waals surface area contributed by atoms with Crippen molar-refractivity contribution < 1.29 is 14.4 Å². The van der Waals surface area contributed by atoms with Crippen LogP contribution in [-0.4, -0.2) is 20.1 Å². The maximum atomic E-state index is 11.1. The quantitative estimate of drug-likeness (QED) is 0.706. The first-order valence-electron chi connectivity index (χ1n) is 3.80. The Hall–Kier alpha value is -1.55. The van der Waals surface area contributed by atoms with Gasteiger partial charge in [-0.3, -0.25) is 0 Å². The fourth-order valence-electron chi connectivity index (χ4n) is 0.879. The minimum absolute atomic E-state index is 0.412. The first kappa shape index (κ1) is 9.54. The Morgan fingerprint density at radius 1 is 1.31 bits per heavy atom. The fourth-order valence-corrected chi connectivity index (χ4v) is 0.879. The maximum absolute atomic E-state index is 11.1. The van der Waals surface area contributed by atoms with Crippen LogP contribution in [0, 0.1) is 0 Å². The first-order chi connectivity index (χ1) is 6.27. The predicted molar refractivity (Wildman–Crippen MR) is 47.5 cm³/mol. The Bertz CT molecular complexity index is 281. The number of nitrogens with one attached hydrogen (secondary N) is 1. The number of methoxy groups -OCH3 is 1. The van der Waals surface area contributed by atoms with Crippen molar-refractivity contribution in [1.29, 1.82) is 0 Å². The van der Waals surface area contributed by atoms with Crippen molar-refractivity contribution in [3.63, 3.8) is 0 Å². The molecule has 0 fully saturated rings. The highest BCUT2D eigenvalue weighted by Crippen LogP contribution is 2.11. The first-order valence-corrected chi connectivity index (χ1v) is 3.80. The predicted octanol–water partition coefficient (Wildman–Crippen LogP) is 0.986. The van der Waals surface area contributed by atoms with Gasteiger partial charge in [-0.25, -0.2) is 4.79 Å². The monoisotopic (exact) mass is 181 g/mol. The smallest absolute Gasteiger partial charge is 0.356 e. The highest BCUT2D eigenvalue weighted by molar-refractivity contribution is 5.89. The van der Waals surface area contributed by atoms with Gasteiger partial charge in [0.05, 0.1) is 12.7 Å². The lowest BCUT2D eigenvalue weighted by atomic mass is 10.2. The molecule has 0 aliphatic carbocycles. The van der Waals surface area contributed by atoms with Crippen LogP contribution in [0.3, 0.4) is 0 Å². The van der Waals surface area contributed by atoms with Crippen LogP contribution in [0.5, 0.6) is 5.75 Å². The van der Waals surface area contributed by atoms with Crippen molar-refractivity contribution in [1.82, 2.24) is 5.48 Å². The molecular formula is C9H11NO3. The van der Waals surface area contributed by atoms with E-state index < -0.39 is 5.97 Å². The molecule has 0 atom stereocenters. The van der Waals surface area contributed by atoms with Crippen molar-refractivity contribution in [3.8, 4) is 5.75 Å². The maximum Gasteiger partial charge on any atom is 0.356 e. The van der Waals surface area contributed by atoms with Crippen LogP contribution in [0.1, 0.15) is 10.4 Å². The zero-order valence-electron chi connectivity index (χ0n) is 7.53. The molecule has 13 heavy (non-hydrogen) atoms. The molecule has 0 spiro atoms. The van der Waals surface area contributed by atoms with Gasteiger partial charge in [0.25, 0.3) is 0 Å². The topological polar surface area (TPSA) is 47.6 Å². The van der Waals surface area contributed by atoms with E-state index in [9.17, 15) is 4.79 Å². The summed E-state index contributed by atoms with van der Waals surface area (Å²) in [6, 6.07) is 6.68. The summed E-state index contributed by atoms with van der Waals surface area (Å²) in [6.45, 7) is 0. The number of ether oxygens (including phenoxy) is 1. The molecule has 4 heteroatoms. The molecule has 4 nitrogen and oxygen atoms in total. The summed E-state index contributed by atoms with van der Waals surface area (Å²) < 4.78 is 4.94. The third-order valence-corrected chi connectivity index (χ3v) is 1.52. The minimum atomic E-state index is -0.412. The lowest BCUT2D eigenvalue weighted by Gasteiger charge is -2.02. The number of carbonyl (C=O) groups is 1. The van der Waals surface area contributed by atoms with Gasteiger partial charge in [0.2, 0.25) is 0 Å². The Labute approximate surface area is 76.4 Å². The number of rotatable bonds is 3. The van der Waals surface area contributed by atoms with Crippen LogP contribution in [0.4, 0.5) is 0 Å². The van der Waals surface area contributed by atoms with Crippen molar-refractivity contribution >= 4 is 5.97 Å². The van der Waals surface area contributed by atoms with Gasteiger partial charge in [0.1, 0.15) is 5.75 Å². The minimum Gasteiger partial charge on any atom is -0.497 e. The summed E-state index contributed by atoms with van der Waals surface area (Å²) in [4.78, 5) is 15.7. The van der Waals surface area contributed by atoms with E-state index in [1.807, 2.05) is 0 Å². The molecule has 1 N–H and O–H groups in total. The van der Waals surface area contributed by atoms with Gasteiger partial charge in [0.15, 0.2) is 0 Å². The zero-order valence-corrected chi connectivity index (χ0v) is 7.53. The van der Waals surface area contributed by atoms with E-state index in [4.69, 9.17) is 4.74 Å². The second kappa shape index (κ2) is 4.47. The summed E-state index contributed by atoms with van der Waals surface area (Å²) in [7, 11) is 3.10. The van der Waals surface area contributed by atoms with Crippen molar-refractivity contribution in [2.45, 2.75) is 0 Å². The van der Waals surface area contributed by atoms with Crippen LogP contribution in [-0.2, 0) is 4.84 Å². The van der Waals surface area contributed by atoms with Gasteiger partial charge in [-0.05, 0) is 24.3 Å². The number of hydrogen-bond donors (Lipinski definition) is 1.